The summed E-state index contributed by atoms with van der Waals surface area (Å²) in [5.74, 6) is 2.17. The van der Waals surface area contributed by atoms with Gasteiger partial charge in [-0.15, -0.1) is 0 Å². The molecule has 76 valence electrons. The van der Waals surface area contributed by atoms with E-state index in [1.165, 1.54) is 32.1 Å². The number of hydrogen-bond donors (Lipinski definition) is 0. The zero-order chi connectivity index (χ0) is 9.80. The van der Waals surface area contributed by atoms with Crippen molar-refractivity contribution < 1.29 is 0 Å². The summed E-state index contributed by atoms with van der Waals surface area (Å²) in [4.78, 5) is 0. The summed E-state index contributed by atoms with van der Waals surface area (Å²) in [7, 11) is 0. The van der Waals surface area contributed by atoms with Crippen LogP contribution in [0.1, 0.15) is 39.0 Å². The average Bonchev–Trinajstić information content (AvgIpc) is 2.60. The van der Waals surface area contributed by atoms with E-state index < -0.39 is 0 Å². The summed E-state index contributed by atoms with van der Waals surface area (Å²) in [6.07, 6.45) is 19.6. The maximum atomic E-state index is 3.71. The Morgan fingerprint density at radius 3 is 2.86 bits per heavy atom. The Morgan fingerprint density at radius 2 is 2.07 bits per heavy atom. The number of fused-ring (bicyclic) bond motifs is 1. The first-order valence-electron chi connectivity index (χ1n) is 6.01. The first-order valence-corrected chi connectivity index (χ1v) is 6.01. The molecule has 0 amide bonds. The number of unbranched alkanes of at least 4 members (excludes halogenated alkanes) is 2. The van der Waals surface area contributed by atoms with Gasteiger partial charge in [0.2, 0.25) is 0 Å². The molecule has 0 heterocycles. The monoisotopic (exact) mass is 188 g/mol. The molecule has 1 fully saturated rings. The minimum Gasteiger partial charge on any atom is -0.0808 e. The van der Waals surface area contributed by atoms with Crippen LogP contribution >= 0.6 is 0 Å². The molecule has 0 N–H and O–H groups in total. The fourth-order valence-electron chi connectivity index (χ4n) is 2.57. The van der Waals surface area contributed by atoms with E-state index >= 15 is 0 Å². The van der Waals surface area contributed by atoms with Gasteiger partial charge >= 0.3 is 0 Å². The number of allylic oxidation sites excluding steroid dienone is 4. The van der Waals surface area contributed by atoms with Crippen LogP contribution in [0.3, 0.4) is 0 Å². The fraction of sp³-hybridized carbons (Fsp3) is 0.643. The highest BCUT2D eigenvalue weighted by atomic mass is 14.4. The summed E-state index contributed by atoms with van der Waals surface area (Å²) in [5, 5.41) is 0. The zero-order valence-electron chi connectivity index (χ0n) is 9.08. The molecule has 0 aromatic heterocycles. The molecule has 2 aliphatic rings. The molecule has 1 saturated carbocycles. The molecule has 0 saturated heterocycles. The van der Waals surface area contributed by atoms with Gasteiger partial charge < -0.3 is 0 Å². The predicted molar refractivity (Wildman–Crippen MR) is 60.8 cm³/mol. The van der Waals surface area contributed by atoms with Gasteiger partial charge in [-0.2, -0.15) is 0 Å². The van der Waals surface area contributed by atoms with E-state index in [0.29, 0.717) is 5.92 Å². The second-order valence-electron chi connectivity index (χ2n) is 4.55. The van der Waals surface area contributed by atoms with Crippen LogP contribution in [0.25, 0.3) is 0 Å². The Bertz CT molecular complexity index is 204. The van der Waals surface area contributed by atoms with Gasteiger partial charge in [0.15, 0.2) is 0 Å². The largest absolute Gasteiger partial charge is 0.0808 e. The first kappa shape index (κ1) is 10.0. The van der Waals surface area contributed by atoms with Crippen LogP contribution in [0.4, 0.5) is 0 Å². The van der Waals surface area contributed by atoms with Gasteiger partial charge in [-0.25, -0.2) is 0 Å². The second kappa shape index (κ2) is 4.82. The summed E-state index contributed by atoms with van der Waals surface area (Å²) >= 11 is 0. The Morgan fingerprint density at radius 1 is 1.21 bits per heavy atom. The van der Waals surface area contributed by atoms with Gasteiger partial charge in [0, 0.05) is 0 Å². The second-order valence-corrected chi connectivity index (χ2v) is 4.55. The van der Waals surface area contributed by atoms with Crippen LogP contribution in [-0.2, 0) is 0 Å². The van der Waals surface area contributed by atoms with Crippen LogP contribution in [0.2, 0.25) is 0 Å². The first-order chi connectivity index (χ1) is 6.90. The molecular formula is C14H20. The van der Waals surface area contributed by atoms with Crippen molar-refractivity contribution in [3.8, 4) is 0 Å². The van der Waals surface area contributed by atoms with E-state index in [1.807, 2.05) is 0 Å². The van der Waals surface area contributed by atoms with E-state index in [2.05, 4.69) is 37.6 Å². The number of rotatable bonds is 4. The summed E-state index contributed by atoms with van der Waals surface area (Å²) < 4.78 is 0. The Hall–Kier alpha value is -0.520. The zero-order valence-corrected chi connectivity index (χ0v) is 9.08. The minimum absolute atomic E-state index is 0.631. The molecule has 3 unspecified atom stereocenters. The molecule has 14 heavy (non-hydrogen) atoms. The topological polar surface area (TPSA) is 0 Å². The van der Waals surface area contributed by atoms with Crippen molar-refractivity contribution in [2.24, 2.45) is 17.8 Å². The lowest BCUT2D eigenvalue weighted by Gasteiger charge is -2.12. The molecule has 2 radical (unpaired) electrons. The average molecular weight is 188 g/mol. The fourth-order valence-corrected chi connectivity index (χ4v) is 2.57. The maximum Gasteiger partial charge on any atom is -0.00588 e. The van der Waals surface area contributed by atoms with Gasteiger partial charge in [0.25, 0.3) is 0 Å². The summed E-state index contributed by atoms with van der Waals surface area (Å²) in [5.41, 5.74) is 0. The molecular weight excluding hydrogens is 168 g/mol. The quantitative estimate of drug-likeness (QED) is 0.584. The third-order valence-electron chi connectivity index (χ3n) is 3.39. The van der Waals surface area contributed by atoms with Crippen LogP contribution in [-0.4, -0.2) is 0 Å². The molecule has 2 aliphatic carbocycles. The van der Waals surface area contributed by atoms with Gasteiger partial charge in [0.1, 0.15) is 0 Å². The van der Waals surface area contributed by atoms with Crippen molar-refractivity contribution in [3.63, 3.8) is 0 Å². The SMILES string of the molecule is CCCCCC1[C]C2C=CC=CC2C1. The van der Waals surface area contributed by atoms with Gasteiger partial charge in [-0.3, -0.25) is 0 Å². The van der Waals surface area contributed by atoms with E-state index in [1.54, 1.807) is 0 Å². The Kier molecular flexibility index (Phi) is 3.44. The lowest BCUT2D eigenvalue weighted by molar-refractivity contribution is 0.494. The lowest BCUT2D eigenvalue weighted by atomic mass is 9.92. The number of hydrogen-bond acceptors (Lipinski definition) is 0. The Balaban J connectivity index is 1.76. The molecule has 0 nitrogen and oxygen atoms in total. The van der Waals surface area contributed by atoms with Crippen molar-refractivity contribution in [1.82, 2.24) is 0 Å². The van der Waals surface area contributed by atoms with Crippen molar-refractivity contribution in [1.29, 1.82) is 0 Å². The smallest absolute Gasteiger partial charge is 0.00588 e. The normalized spacial score (nSPS) is 34.8. The van der Waals surface area contributed by atoms with Crippen LogP contribution in [0.5, 0.6) is 0 Å². The summed E-state index contributed by atoms with van der Waals surface area (Å²) in [6.45, 7) is 2.27. The van der Waals surface area contributed by atoms with Gasteiger partial charge in [-0.1, -0.05) is 50.5 Å². The van der Waals surface area contributed by atoms with E-state index in [9.17, 15) is 0 Å². The highest BCUT2D eigenvalue weighted by Crippen LogP contribution is 2.41. The molecule has 0 aromatic carbocycles. The third kappa shape index (κ3) is 2.29. The summed E-state index contributed by atoms with van der Waals surface area (Å²) in [6, 6.07) is 0. The molecule has 0 aliphatic heterocycles. The highest BCUT2D eigenvalue weighted by molar-refractivity contribution is 5.20. The molecule has 0 aromatic rings. The molecule has 0 spiro atoms. The van der Waals surface area contributed by atoms with Crippen LogP contribution < -0.4 is 0 Å². The minimum atomic E-state index is 0.631. The predicted octanol–water partition coefficient (Wildman–Crippen LogP) is 4.03. The molecule has 0 bridgehead atoms. The van der Waals surface area contributed by atoms with E-state index in [4.69, 9.17) is 0 Å². The van der Waals surface area contributed by atoms with Crippen molar-refractivity contribution >= 4 is 0 Å². The standard InChI is InChI=1S/C14H20/c1-2-3-4-7-12-10-13-8-5-6-9-14(13)11-12/h5-6,8-9,12-14H,2-4,7,10H2,1H3. The Labute approximate surface area is 88.1 Å². The highest BCUT2D eigenvalue weighted by Gasteiger charge is 2.31. The van der Waals surface area contributed by atoms with Gasteiger partial charge in [0.05, 0.1) is 0 Å². The van der Waals surface area contributed by atoms with Crippen molar-refractivity contribution in [3.05, 3.63) is 30.7 Å². The van der Waals surface area contributed by atoms with Crippen molar-refractivity contribution in [2.75, 3.05) is 0 Å². The van der Waals surface area contributed by atoms with Crippen molar-refractivity contribution in [2.45, 2.75) is 39.0 Å². The lowest BCUT2D eigenvalue weighted by Crippen LogP contribution is -2.03. The molecule has 0 heteroatoms. The van der Waals surface area contributed by atoms with Crippen LogP contribution in [0, 0.1) is 24.2 Å². The molecule has 3 atom stereocenters. The van der Waals surface area contributed by atoms with E-state index in [-0.39, 0.29) is 0 Å². The van der Waals surface area contributed by atoms with Gasteiger partial charge in [-0.05, 0) is 37.0 Å². The third-order valence-corrected chi connectivity index (χ3v) is 3.39. The van der Waals surface area contributed by atoms with Crippen LogP contribution in [0.15, 0.2) is 24.3 Å². The molecule has 2 rings (SSSR count). The maximum absolute atomic E-state index is 3.71. The van der Waals surface area contributed by atoms with E-state index in [0.717, 1.165) is 11.8 Å².